The average molecular weight is 421 g/mol. The Balaban J connectivity index is 1.39. The summed E-state index contributed by atoms with van der Waals surface area (Å²) in [6.07, 6.45) is -2.55. The monoisotopic (exact) mass is 420 g/mol. The molecule has 162 valence electrons. The molecular weight excluding hydrogens is 392 g/mol. The minimum atomic E-state index is -1.07. The predicted molar refractivity (Wildman–Crippen MR) is 117 cm³/mol. The van der Waals surface area contributed by atoms with Crippen LogP contribution in [0.15, 0.2) is 91.0 Å². The van der Waals surface area contributed by atoms with E-state index in [-0.39, 0.29) is 0 Å². The van der Waals surface area contributed by atoms with Crippen molar-refractivity contribution in [3.63, 3.8) is 0 Å². The largest absolute Gasteiger partial charge is 0.374 e. The molecule has 0 amide bonds. The summed E-state index contributed by atoms with van der Waals surface area (Å²) >= 11 is 0. The molecule has 0 saturated carbocycles. The van der Waals surface area contributed by atoms with Crippen molar-refractivity contribution in [3.05, 3.63) is 108 Å². The summed E-state index contributed by atoms with van der Waals surface area (Å²) in [4.78, 5) is 0. The van der Waals surface area contributed by atoms with Gasteiger partial charge in [0, 0.05) is 0 Å². The number of hydrogen-bond acceptors (Lipinski definition) is 5. The fourth-order valence-electron chi connectivity index (χ4n) is 3.62. The van der Waals surface area contributed by atoms with E-state index in [9.17, 15) is 5.11 Å². The minimum absolute atomic E-state index is 0.302. The van der Waals surface area contributed by atoms with Crippen LogP contribution in [-0.2, 0) is 38.8 Å². The molecule has 1 heterocycles. The number of rotatable bonds is 10. The molecule has 31 heavy (non-hydrogen) atoms. The van der Waals surface area contributed by atoms with Crippen LogP contribution in [0.25, 0.3) is 0 Å². The normalized spacial score (nSPS) is 23.1. The van der Waals surface area contributed by atoms with E-state index in [0.717, 1.165) is 16.7 Å². The van der Waals surface area contributed by atoms with Crippen LogP contribution in [0.5, 0.6) is 0 Å². The SMILES string of the molecule is O[C@@H]1O[C@H](COCc2ccccc2)C(OCc2ccccc2)C1OCc1ccccc1. The van der Waals surface area contributed by atoms with Gasteiger partial charge in [0.25, 0.3) is 0 Å². The second kappa shape index (κ2) is 11.2. The van der Waals surface area contributed by atoms with Gasteiger partial charge in [0.05, 0.1) is 26.4 Å². The van der Waals surface area contributed by atoms with Crippen molar-refractivity contribution in [2.75, 3.05) is 6.61 Å². The molecule has 0 radical (unpaired) electrons. The molecule has 0 aliphatic carbocycles. The van der Waals surface area contributed by atoms with Gasteiger partial charge in [-0.25, -0.2) is 0 Å². The first-order valence-electron chi connectivity index (χ1n) is 10.6. The number of ether oxygens (including phenoxy) is 4. The zero-order valence-electron chi connectivity index (χ0n) is 17.4. The van der Waals surface area contributed by atoms with Gasteiger partial charge in [-0.1, -0.05) is 91.0 Å². The number of aliphatic hydroxyl groups excluding tert-OH is 1. The summed E-state index contributed by atoms with van der Waals surface area (Å²) in [5.41, 5.74) is 3.16. The Morgan fingerprint density at radius 1 is 0.613 bits per heavy atom. The molecule has 0 spiro atoms. The molecule has 5 heteroatoms. The Morgan fingerprint density at radius 2 is 1.06 bits per heavy atom. The molecule has 1 aliphatic heterocycles. The summed E-state index contributed by atoms with van der Waals surface area (Å²) in [6.45, 7) is 1.55. The average Bonchev–Trinajstić information content (AvgIpc) is 3.12. The fraction of sp³-hybridized carbons (Fsp3) is 0.308. The Morgan fingerprint density at radius 3 is 1.58 bits per heavy atom. The lowest BCUT2D eigenvalue weighted by Crippen LogP contribution is -2.39. The van der Waals surface area contributed by atoms with Crippen LogP contribution in [0, 0.1) is 0 Å². The summed E-state index contributed by atoms with van der Waals surface area (Å²) in [6, 6.07) is 29.8. The number of benzene rings is 3. The first-order valence-corrected chi connectivity index (χ1v) is 10.6. The van der Waals surface area contributed by atoms with E-state index in [1.165, 1.54) is 0 Å². The highest BCUT2D eigenvalue weighted by atomic mass is 16.7. The molecule has 1 fully saturated rings. The van der Waals surface area contributed by atoms with Crippen molar-refractivity contribution < 1.29 is 24.1 Å². The van der Waals surface area contributed by atoms with Gasteiger partial charge in [0.15, 0.2) is 6.29 Å². The van der Waals surface area contributed by atoms with Crippen LogP contribution in [0.2, 0.25) is 0 Å². The van der Waals surface area contributed by atoms with Gasteiger partial charge in [-0.15, -0.1) is 0 Å². The molecule has 1 saturated heterocycles. The lowest BCUT2D eigenvalue weighted by molar-refractivity contribution is -0.153. The highest BCUT2D eigenvalue weighted by molar-refractivity contribution is 5.15. The Kier molecular flexibility index (Phi) is 7.82. The third-order valence-electron chi connectivity index (χ3n) is 5.25. The van der Waals surface area contributed by atoms with Gasteiger partial charge in [-0.2, -0.15) is 0 Å². The zero-order valence-corrected chi connectivity index (χ0v) is 17.4. The van der Waals surface area contributed by atoms with Gasteiger partial charge in [0.2, 0.25) is 0 Å². The van der Waals surface area contributed by atoms with Gasteiger partial charge in [-0.05, 0) is 16.7 Å². The standard InChI is InChI=1S/C26H28O5/c27-26-25(30-18-22-14-8-3-9-15-22)24(29-17-21-12-6-2-7-13-21)23(31-26)19-28-16-20-10-4-1-5-11-20/h1-15,23-27H,16-19H2/t23-,24?,25?,26-/m1/s1. The molecule has 5 nitrogen and oxygen atoms in total. The van der Waals surface area contributed by atoms with Crippen molar-refractivity contribution in [1.29, 1.82) is 0 Å². The lowest BCUT2D eigenvalue weighted by atomic mass is 10.1. The molecule has 3 aromatic carbocycles. The molecular formula is C26H28O5. The predicted octanol–water partition coefficient (Wildman–Crippen LogP) is 4.09. The second-order valence-electron chi connectivity index (χ2n) is 7.59. The van der Waals surface area contributed by atoms with Crippen molar-refractivity contribution in [1.82, 2.24) is 0 Å². The van der Waals surface area contributed by atoms with E-state index < -0.39 is 24.6 Å². The van der Waals surface area contributed by atoms with Crippen LogP contribution < -0.4 is 0 Å². The third-order valence-corrected chi connectivity index (χ3v) is 5.25. The first kappa shape index (κ1) is 21.7. The van der Waals surface area contributed by atoms with E-state index >= 15 is 0 Å². The van der Waals surface area contributed by atoms with Crippen molar-refractivity contribution in [3.8, 4) is 0 Å². The van der Waals surface area contributed by atoms with Gasteiger partial charge in [-0.3, -0.25) is 0 Å². The second-order valence-corrected chi connectivity index (χ2v) is 7.59. The number of aliphatic hydroxyl groups is 1. The van der Waals surface area contributed by atoms with E-state index in [2.05, 4.69) is 0 Å². The van der Waals surface area contributed by atoms with Crippen LogP contribution in [0.1, 0.15) is 16.7 Å². The summed E-state index contributed by atoms with van der Waals surface area (Å²) in [5.74, 6) is 0. The molecule has 1 N–H and O–H groups in total. The maximum absolute atomic E-state index is 10.5. The quantitative estimate of drug-likeness (QED) is 0.535. The molecule has 2 unspecified atom stereocenters. The molecule has 4 atom stereocenters. The summed E-state index contributed by atoms with van der Waals surface area (Å²) in [7, 11) is 0. The maximum Gasteiger partial charge on any atom is 0.184 e. The summed E-state index contributed by atoms with van der Waals surface area (Å²) in [5, 5.41) is 10.5. The first-order chi connectivity index (χ1) is 15.3. The number of hydrogen-bond donors (Lipinski definition) is 1. The molecule has 0 aromatic heterocycles. The van der Waals surface area contributed by atoms with Gasteiger partial charge < -0.3 is 24.1 Å². The highest BCUT2D eigenvalue weighted by Crippen LogP contribution is 2.28. The Hall–Kier alpha value is -2.54. The smallest absolute Gasteiger partial charge is 0.184 e. The maximum atomic E-state index is 10.5. The Bertz CT molecular complexity index is 887. The van der Waals surface area contributed by atoms with Crippen LogP contribution >= 0.6 is 0 Å². The Labute approximate surface area is 183 Å². The van der Waals surface area contributed by atoms with E-state index in [1.54, 1.807) is 0 Å². The molecule has 4 rings (SSSR count). The van der Waals surface area contributed by atoms with E-state index in [0.29, 0.717) is 26.4 Å². The zero-order chi connectivity index (χ0) is 21.3. The minimum Gasteiger partial charge on any atom is -0.374 e. The topological polar surface area (TPSA) is 57.2 Å². The molecule has 3 aromatic rings. The van der Waals surface area contributed by atoms with Crippen molar-refractivity contribution in [2.24, 2.45) is 0 Å². The molecule has 1 aliphatic rings. The van der Waals surface area contributed by atoms with E-state index in [1.807, 2.05) is 91.0 Å². The highest BCUT2D eigenvalue weighted by Gasteiger charge is 2.45. The van der Waals surface area contributed by atoms with Crippen molar-refractivity contribution >= 4 is 0 Å². The van der Waals surface area contributed by atoms with Crippen LogP contribution in [0.4, 0.5) is 0 Å². The molecule has 0 bridgehead atoms. The lowest BCUT2D eigenvalue weighted by Gasteiger charge is -2.24. The summed E-state index contributed by atoms with van der Waals surface area (Å²) < 4.78 is 23.9. The van der Waals surface area contributed by atoms with Gasteiger partial charge in [0.1, 0.15) is 18.3 Å². The van der Waals surface area contributed by atoms with Crippen LogP contribution in [-0.4, -0.2) is 36.3 Å². The van der Waals surface area contributed by atoms with Crippen LogP contribution in [0.3, 0.4) is 0 Å². The third kappa shape index (κ3) is 6.23. The van der Waals surface area contributed by atoms with Gasteiger partial charge >= 0.3 is 0 Å². The fourth-order valence-corrected chi connectivity index (χ4v) is 3.62. The van der Waals surface area contributed by atoms with E-state index in [4.69, 9.17) is 18.9 Å². The van der Waals surface area contributed by atoms with Crippen molar-refractivity contribution in [2.45, 2.75) is 44.4 Å².